The highest BCUT2D eigenvalue weighted by Crippen LogP contribution is 1.80. The molecule has 0 unspecified atom stereocenters. The minimum Gasteiger partial charge on any atom is -0.482 e. The fraction of sp³-hybridized carbons (Fsp3) is 0.333. The van der Waals surface area contributed by atoms with Gasteiger partial charge in [-0.15, -0.1) is 5.10 Å². The van der Waals surface area contributed by atoms with Crippen LogP contribution in [0.4, 0.5) is 0 Å². The number of rotatable bonds is 3. The van der Waals surface area contributed by atoms with Crippen LogP contribution in [0.1, 0.15) is 6.92 Å². The van der Waals surface area contributed by atoms with E-state index in [-0.39, 0.29) is 0 Å². The van der Waals surface area contributed by atoms with Crippen molar-refractivity contribution in [2.24, 2.45) is 5.10 Å². The highest BCUT2D eigenvalue weighted by molar-refractivity contribution is 5.45. The third-order valence-electron chi connectivity index (χ3n) is 0.897. The van der Waals surface area contributed by atoms with Crippen LogP contribution in [0.2, 0.25) is 0 Å². The van der Waals surface area contributed by atoms with Crippen molar-refractivity contribution < 1.29 is 4.74 Å². The molecule has 0 saturated heterocycles. The van der Waals surface area contributed by atoms with Crippen molar-refractivity contribution in [1.82, 2.24) is 9.89 Å². The fourth-order valence-electron chi connectivity index (χ4n) is 0.485. The minimum atomic E-state index is 0.630. The summed E-state index contributed by atoms with van der Waals surface area (Å²) < 4.78 is 4.85. The summed E-state index contributed by atoms with van der Waals surface area (Å²) in [7, 11) is 0. The van der Waals surface area contributed by atoms with E-state index in [1.54, 1.807) is 18.5 Å². The summed E-state index contributed by atoms with van der Waals surface area (Å²) in [6, 6.07) is 1.79. The van der Waals surface area contributed by atoms with E-state index < -0.39 is 0 Å². The van der Waals surface area contributed by atoms with Crippen molar-refractivity contribution in [2.45, 2.75) is 6.92 Å². The van der Waals surface area contributed by atoms with Crippen molar-refractivity contribution in [3.63, 3.8) is 0 Å². The molecule has 0 aliphatic carbocycles. The maximum Gasteiger partial charge on any atom is 0.195 e. The molecule has 4 heteroatoms. The zero-order valence-electron chi connectivity index (χ0n) is 5.77. The molecule has 0 atom stereocenters. The van der Waals surface area contributed by atoms with Gasteiger partial charge in [-0.05, 0) is 13.0 Å². The van der Waals surface area contributed by atoms with Crippen LogP contribution in [0.3, 0.4) is 0 Å². The smallest absolute Gasteiger partial charge is 0.195 e. The Labute approximate surface area is 59.1 Å². The Balaban J connectivity index is 2.40. The molecule has 0 N–H and O–H groups in total. The van der Waals surface area contributed by atoms with Crippen LogP contribution < -0.4 is 0 Å². The van der Waals surface area contributed by atoms with E-state index in [1.165, 1.54) is 11.2 Å². The van der Waals surface area contributed by atoms with Gasteiger partial charge in [-0.25, -0.2) is 0 Å². The first-order valence-electron chi connectivity index (χ1n) is 3.07. The number of ether oxygens (including phenoxy) is 1. The Morgan fingerprint density at radius 1 is 1.80 bits per heavy atom. The Morgan fingerprint density at radius 3 is 3.30 bits per heavy atom. The van der Waals surface area contributed by atoms with E-state index in [1.807, 2.05) is 6.92 Å². The van der Waals surface area contributed by atoms with Crippen LogP contribution in [0.25, 0.3) is 0 Å². The second-order valence-corrected chi connectivity index (χ2v) is 1.60. The molecule has 0 bridgehead atoms. The summed E-state index contributed by atoms with van der Waals surface area (Å²) in [4.78, 5) is 1.43. The van der Waals surface area contributed by atoms with Crippen molar-refractivity contribution >= 4 is 6.40 Å². The molecule has 1 aromatic rings. The number of hydrogen-bond acceptors (Lipinski definition) is 3. The lowest BCUT2D eigenvalue weighted by atomic mass is 10.8. The van der Waals surface area contributed by atoms with E-state index in [2.05, 4.69) is 10.2 Å². The molecule has 1 heterocycles. The normalized spacial score (nSPS) is 10.5. The van der Waals surface area contributed by atoms with Gasteiger partial charge in [-0.3, -0.25) is 0 Å². The topological polar surface area (TPSA) is 39.4 Å². The van der Waals surface area contributed by atoms with Crippen LogP contribution in [-0.4, -0.2) is 22.9 Å². The summed E-state index contributed by atoms with van der Waals surface area (Å²) in [5.41, 5.74) is 0. The largest absolute Gasteiger partial charge is 0.482 e. The van der Waals surface area contributed by atoms with Gasteiger partial charge in [-0.2, -0.15) is 9.89 Å². The van der Waals surface area contributed by atoms with Crippen LogP contribution in [0, 0.1) is 0 Å². The molecule has 1 rings (SSSR count). The first-order valence-corrected chi connectivity index (χ1v) is 3.07. The van der Waals surface area contributed by atoms with E-state index in [0.29, 0.717) is 6.61 Å². The average Bonchev–Trinajstić information content (AvgIpc) is 2.41. The van der Waals surface area contributed by atoms with Crippen LogP contribution >= 0.6 is 0 Å². The third kappa shape index (κ3) is 1.89. The molecular formula is C6H9N3O. The first kappa shape index (κ1) is 6.80. The molecule has 0 aromatic carbocycles. The Bertz CT molecular complexity index is 193. The molecule has 0 aliphatic heterocycles. The summed E-state index contributed by atoms with van der Waals surface area (Å²) in [6.45, 7) is 2.53. The molecular weight excluding hydrogens is 130 g/mol. The molecule has 1 aromatic heterocycles. The van der Waals surface area contributed by atoms with Crippen LogP contribution in [0.15, 0.2) is 23.6 Å². The number of hydrogen-bond donors (Lipinski definition) is 0. The summed E-state index contributed by atoms with van der Waals surface area (Å²) in [5.74, 6) is 0. The fourth-order valence-corrected chi connectivity index (χ4v) is 0.485. The lowest BCUT2D eigenvalue weighted by molar-refractivity contribution is 0.339. The zero-order chi connectivity index (χ0) is 7.23. The second kappa shape index (κ2) is 3.66. The van der Waals surface area contributed by atoms with Crippen molar-refractivity contribution in [3.05, 3.63) is 18.5 Å². The third-order valence-corrected chi connectivity index (χ3v) is 0.897. The minimum absolute atomic E-state index is 0.630. The van der Waals surface area contributed by atoms with E-state index in [9.17, 15) is 0 Å². The van der Waals surface area contributed by atoms with Crippen LogP contribution in [0.5, 0.6) is 0 Å². The van der Waals surface area contributed by atoms with Gasteiger partial charge in [-0.1, -0.05) is 0 Å². The van der Waals surface area contributed by atoms with Crippen molar-refractivity contribution in [2.75, 3.05) is 6.61 Å². The van der Waals surface area contributed by atoms with E-state index in [4.69, 9.17) is 4.74 Å². The number of nitrogens with zero attached hydrogens (tertiary/aromatic N) is 3. The molecule has 4 nitrogen and oxygen atoms in total. The average molecular weight is 139 g/mol. The van der Waals surface area contributed by atoms with Gasteiger partial charge < -0.3 is 4.74 Å². The predicted molar refractivity (Wildman–Crippen MR) is 37.7 cm³/mol. The zero-order valence-corrected chi connectivity index (χ0v) is 5.77. The lowest BCUT2D eigenvalue weighted by Crippen LogP contribution is -1.92. The Hall–Kier alpha value is -1.32. The van der Waals surface area contributed by atoms with Gasteiger partial charge in [0.15, 0.2) is 6.40 Å². The van der Waals surface area contributed by atoms with Gasteiger partial charge in [0.25, 0.3) is 0 Å². The molecule has 0 aliphatic rings. The molecule has 0 saturated carbocycles. The number of aromatic nitrogens is 2. The first-order chi connectivity index (χ1) is 4.93. The quantitative estimate of drug-likeness (QED) is 0.457. The summed E-state index contributed by atoms with van der Waals surface area (Å²) in [6.07, 6.45) is 4.76. The Kier molecular flexibility index (Phi) is 2.49. The van der Waals surface area contributed by atoms with Crippen molar-refractivity contribution in [1.29, 1.82) is 0 Å². The summed E-state index contributed by atoms with van der Waals surface area (Å²) >= 11 is 0. The van der Waals surface area contributed by atoms with Crippen LogP contribution in [-0.2, 0) is 4.74 Å². The highest BCUT2D eigenvalue weighted by atomic mass is 16.5. The summed E-state index contributed by atoms with van der Waals surface area (Å²) in [5, 5.41) is 7.64. The van der Waals surface area contributed by atoms with Gasteiger partial charge >= 0.3 is 0 Å². The molecule has 54 valence electrons. The van der Waals surface area contributed by atoms with Gasteiger partial charge in [0.2, 0.25) is 0 Å². The molecule has 0 fully saturated rings. The Morgan fingerprint density at radius 2 is 2.70 bits per heavy atom. The standard InChI is InChI=1S/C6H9N3O/c1-2-10-6-8-9-5-3-4-7-9/h3-6H,2H2,1H3/b8-6+. The monoisotopic (exact) mass is 139 g/mol. The molecule has 0 amide bonds. The van der Waals surface area contributed by atoms with Gasteiger partial charge in [0, 0.05) is 0 Å². The SMILES string of the molecule is CCO/C=N/n1cccn1. The van der Waals surface area contributed by atoms with Crippen molar-refractivity contribution in [3.8, 4) is 0 Å². The van der Waals surface area contributed by atoms with Gasteiger partial charge in [0.05, 0.1) is 19.0 Å². The molecule has 0 spiro atoms. The highest BCUT2D eigenvalue weighted by Gasteiger charge is 1.79. The van der Waals surface area contributed by atoms with E-state index >= 15 is 0 Å². The van der Waals surface area contributed by atoms with E-state index in [0.717, 1.165) is 0 Å². The maximum absolute atomic E-state index is 4.85. The molecule has 10 heavy (non-hydrogen) atoms. The maximum atomic E-state index is 4.85. The van der Waals surface area contributed by atoms with Gasteiger partial charge in [0.1, 0.15) is 0 Å². The lowest BCUT2D eigenvalue weighted by Gasteiger charge is -1.90. The second-order valence-electron chi connectivity index (χ2n) is 1.60. The predicted octanol–water partition coefficient (Wildman–Crippen LogP) is 0.711. The molecule has 0 radical (unpaired) electrons.